The molecule has 34 heavy (non-hydrogen) atoms. The van der Waals surface area contributed by atoms with E-state index in [1.807, 2.05) is 48.5 Å². The van der Waals surface area contributed by atoms with Crippen molar-refractivity contribution in [1.29, 1.82) is 0 Å². The van der Waals surface area contributed by atoms with E-state index in [2.05, 4.69) is 27.0 Å². The number of aryl methyl sites for hydroxylation is 1. The molecule has 3 N–H and O–H groups in total. The van der Waals surface area contributed by atoms with Crippen LogP contribution in [0.5, 0.6) is 0 Å². The van der Waals surface area contributed by atoms with Crippen molar-refractivity contribution in [1.82, 2.24) is 20.2 Å². The summed E-state index contributed by atoms with van der Waals surface area (Å²) in [5.41, 5.74) is 2.62. The molecule has 2 aromatic carbocycles. The number of carbonyl (C=O) groups is 2. The third-order valence-electron chi connectivity index (χ3n) is 6.17. The zero-order valence-corrected chi connectivity index (χ0v) is 19.4. The first-order valence-electron chi connectivity index (χ1n) is 11.5. The highest BCUT2D eigenvalue weighted by Gasteiger charge is 2.23. The number of hydrogen-bond acceptors (Lipinski definition) is 5. The molecule has 1 aromatic heterocycles. The van der Waals surface area contributed by atoms with Crippen LogP contribution < -0.4 is 21.5 Å². The van der Waals surface area contributed by atoms with Gasteiger partial charge < -0.3 is 16.0 Å². The minimum absolute atomic E-state index is 0.0302. The molecule has 3 aromatic rings. The smallest absolute Gasteiger partial charge is 0.278 e. The molecule has 8 nitrogen and oxygen atoms in total. The molecule has 0 radical (unpaired) electrons. The number of fused-ring (bicyclic) bond motifs is 1. The molecule has 1 aliphatic rings. The molecule has 0 spiro atoms. The Labute approximate surface area is 198 Å². The van der Waals surface area contributed by atoms with Crippen LogP contribution in [0, 0.1) is 0 Å². The quantitative estimate of drug-likeness (QED) is 0.504. The maximum absolute atomic E-state index is 13.3. The Morgan fingerprint density at radius 1 is 1.12 bits per heavy atom. The van der Waals surface area contributed by atoms with Crippen molar-refractivity contribution in [3.63, 3.8) is 0 Å². The molecule has 0 saturated carbocycles. The van der Waals surface area contributed by atoms with Gasteiger partial charge in [0.05, 0.1) is 18.3 Å². The lowest BCUT2D eigenvalue weighted by molar-refractivity contribution is -0.122. The third kappa shape index (κ3) is 5.07. The molecule has 1 heterocycles. The molecular weight excluding hydrogens is 430 g/mol. The normalized spacial score (nSPS) is 15.8. The maximum atomic E-state index is 13.3. The summed E-state index contributed by atoms with van der Waals surface area (Å²) in [6.45, 7) is 1.48. The van der Waals surface area contributed by atoms with Crippen molar-refractivity contribution >= 4 is 17.5 Å². The highest BCUT2D eigenvalue weighted by atomic mass is 16.2. The number of likely N-dealkylation sites (N-methyl/N-ethyl adjacent to an activating group) is 1. The average Bonchev–Trinajstić information content (AvgIpc) is 2.86. The molecule has 0 saturated heterocycles. The number of nitrogens with zero attached hydrogens (tertiary/aromatic N) is 2. The molecule has 0 aliphatic heterocycles. The number of benzene rings is 2. The number of rotatable bonds is 7. The van der Waals surface area contributed by atoms with Crippen LogP contribution in [0.1, 0.15) is 36.9 Å². The van der Waals surface area contributed by atoms with Gasteiger partial charge in [-0.1, -0.05) is 54.6 Å². The Hall–Kier alpha value is -3.78. The van der Waals surface area contributed by atoms with Crippen LogP contribution in [-0.4, -0.2) is 34.5 Å². The monoisotopic (exact) mass is 459 g/mol. The Morgan fingerprint density at radius 2 is 1.85 bits per heavy atom. The second-order valence-electron chi connectivity index (χ2n) is 8.46. The molecule has 2 atom stereocenters. The standard InChI is InChI=1S/C26H29N5O3/c1-17(27-2)25(33)30-22-15-28-24(19-10-4-3-5-11-19)31(26(22)34)16-23(32)29-21-14-8-12-18-9-6-7-13-20(18)21/h3-7,9-11,13,15,17,21,27H,8,12,14,16H2,1-2H3,(H,29,32)(H,30,33)/t17-,21+/m0/s1. The van der Waals surface area contributed by atoms with Gasteiger partial charge in [0, 0.05) is 5.56 Å². The molecule has 8 heteroatoms. The van der Waals surface area contributed by atoms with E-state index >= 15 is 0 Å². The van der Waals surface area contributed by atoms with Crippen molar-refractivity contribution < 1.29 is 9.59 Å². The number of anilines is 1. The summed E-state index contributed by atoms with van der Waals surface area (Å²) in [5.74, 6) is -0.275. The largest absolute Gasteiger partial charge is 0.348 e. The molecular formula is C26H29N5O3. The van der Waals surface area contributed by atoms with E-state index in [-0.39, 0.29) is 30.1 Å². The van der Waals surface area contributed by atoms with Crippen LogP contribution in [-0.2, 0) is 22.6 Å². The summed E-state index contributed by atoms with van der Waals surface area (Å²) >= 11 is 0. The fraction of sp³-hybridized carbons (Fsp3) is 0.308. The molecule has 2 amide bonds. The lowest BCUT2D eigenvalue weighted by Gasteiger charge is -2.26. The van der Waals surface area contributed by atoms with Gasteiger partial charge in [-0.25, -0.2) is 4.98 Å². The molecule has 0 bridgehead atoms. The highest BCUT2D eigenvalue weighted by molar-refractivity contribution is 5.94. The Morgan fingerprint density at radius 3 is 2.62 bits per heavy atom. The zero-order chi connectivity index (χ0) is 24.1. The predicted octanol–water partition coefficient (Wildman–Crippen LogP) is 2.65. The topological polar surface area (TPSA) is 105 Å². The van der Waals surface area contributed by atoms with E-state index < -0.39 is 11.6 Å². The van der Waals surface area contributed by atoms with Gasteiger partial charge in [-0.3, -0.25) is 19.0 Å². The van der Waals surface area contributed by atoms with E-state index in [4.69, 9.17) is 0 Å². The first-order valence-corrected chi connectivity index (χ1v) is 11.5. The van der Waals surface area contributed by atoms with Crippen molar-refractivity contribution in [3.05, 3.63) is 82.3 Å². The van der Waals surface area contributed by atoms with Gasteiger partial charge in [-0.2, -0.15) is 0 Å². The van der Waals surface area contributed by atoms with E-state index in [1.54, 1.807) is 14.0 Å². The molecule has 4 rings (SSSR count). The van der Waals surface area contributed by atoms with Crippen molar-refractivity contribution in [2.75, 3.05) is 12.4 Å². The van der Waals surface area contributed by atoms with Crippen LogP contribution in [0.25, 0.3) is 11.4 Å². The lowest BCUT2D eigenvalue weighted by atomic mass is 9.88. The van der Waals surface area contributed by atoms with Gasteiger partial charge in [0.25, 0.3) is 5.56 Å². The number of aromatic nitrogens is 2. The van der Waals surface area contributed by atoms with Crippen LogP contribution >= 0.6 is 0 Å². The van der Waals surface area contributed by atoms with Crippen LogP contribution in [0.2, 0.25) is 0 Å². The minimum atomic E-state index is -0.490. The van der Waals surface area contributed by atoms with Gasteiger partial charge >= 0.3 is 0 Å². The van der Waals surface area contributed by atoms with Gasteiger partial charge in [0.15, 0.2) is 0 Å². The fourth-order valence-corrected chi connectivity index (χ4v) is 4.20. The van der Waals surface area contributed by atoms with Gasteiger partial charge in [-0.05, 0) is 44.4 Å². The van der Waals surface area contributed by atoms with E-state index in [1.165, 1.54) is 16.3 Å². The maximum Gasteiger partial charge on any atom is 0.278 e. The Bertz CT molecular complexity index is 1240. The lowest BCUT2D eigenvalue weighted by Crippen LogP contribution is -2.39. The number of amides is 2. The number of carbonyl (C=O) groups excluding carboxylic acids is 2. The predicted molar refractivity (Wildman–Crippen MR) is 131 cm³/mol. The molecule has 176 valence electrons. The molecule has 1 aliphatic carbocycles. The number of hydrogen-bond donors (Lipinski definition) is 3. The van der Waals surface area contributed by atoms with Gasteiger partial charge in [0.1, 0.15) is 18.1 Å². The average molecular weight is 460 g/mol. The minimum Gasteiger partial charge on any atom is -0.348 e. The van der Waals surface area contributed by atoms with Crippen LogP contribution in [0.15, 0.2) is 65.6 Å². The summed E-state index contributed by atoms with van der Waals surface area (Å²) in [7, 11) is 1.66. The second kappa shape index (κ2) is 10.4. The first kappa shape index (κ1) is 23.4. The molecule has 0 fully saturated rings. The van der Waals surface area contributed by atoms with Gasteiger partial charge in [-0.15, -0.1) is 0 Å². The zero-order valence-electron chi connectivity index (χ0n) is 19.4. The van der Waals surface area contributed by atoms with Crippen molar-refractivity contribution in [2.45, 2.75) is 44.8 Å². The highest BCUT2D eigenvalue weighted by Crippen LogP contribution is 2.29. The summed E-state index contributed by atoms with van der Waals surface area (Å²) in [6, 6.07) is 16.7. The van der Waals surface area contributed by atoms with Crippen LogP contribution in [0.3, 0.4) is 0 Å². The van der Waals surface area contributed by atoms with Gasteiger partial charge in [0.2, 0.25) is 11.8 Å². The summed E-state index contributed by atoms with van der Waals surface area (Å²) in [4.78, 5) is 43.2. The summed E-state index contributed by atoms with van der Waals surface area (Å²) in [6.07, 6.45) is 4.18. The van der Waals surface area contributed by atoms with Crippen LogP contribution in [0.4, 0.5) is 5.69 Å². The van der Waals surface area contributed by atoms with E-state index in [0.717, 1.165) is 24.8 Å². The number of nitrogens with one attached hydrogen (secondary N) is 3. The second-order valence-corrected chi connectivity index (χ2v) is 8.46. The Balaban J connectivity index is 1.63. The first-order chi connectivity index (χ1) is 16.5. The van der Waals surface area contributed by atoms with E-state index in [0.29, 0.717) is 11.4 Å². The molecule has 0 unspecified atom stereocenters. The van der Waals surface area contributed by atoms with Crippen molar-refractivity contribution in [3.8, 4) is 11.4 Å². The fourth-order valence-electron chi connectivity index (χ4n) is 4.20. The Kier molecular flexibility index (Phi) is 7.18. The SMILES string of the molecule is CN[C@@H](C)C(=O)Nc1cnc(-c2ccccc2)n(CC(=O)N[C@@H]2CCCc3ccccc32)c1=O. The summed E-state index contributed by atoms with van der Waals surface area (Å²) in [5, 5.41) is 8.55. The van der Waals surface area contributed by atoms with Crippen molar-refractivity contribution in [2.24, 2.45) is 0 Å². The van der Waals surface area contributed by atoms with E-state index in [9.17, 15) is 14.4 Å². The third-order valence-corrected chi connectivity index (χ3v) is 6.17. The summed E-state index contributed by atoms with van der Waals surface area (Å²) < 4.78 is 1.32.